The summed E-state index contributed by atoms with van der Waals surface area (Å²) in [6.45, 7) is 8.82. The number of rotatable bonds is 5. The molecule has 0 bridgehead atoms. The second-order valence-corrected chi connectivity index (χ2v) is 7.02. The van der Waals surface area contributed by atoms with E-state index in [9.17, 15) is 0 Å². The molecule has 0 aliphatic carbocycles. The van der Waals surface area contributed by atoms with Crippen LogP contribution in [0.2, 0.25) is 0 Å². The van der Waals surface area contributed by atoms with Gasteiger partial charge < -0.3 is 5.32 Å². The lowest BCUT2D eigenvalue weighted by atomic mass is 10.00. The van der Waals surface area contributed by atoms with Crippen molar-refractivity contribution in [3.05, 3.63) is 63.6 Å². The molecule has 0 saturated heterocycles. The van der Waals surface area contributed by atoms with E-state index in [1.165, 1.54) is 16.7 Å². The molecule has 0 fully saturated rings. The standard InChI is InChI=1S/C19H24BrN/c1-13(2)11-16-6-8-17(9-7-16)15(4)21-18-10-5-14(3)19(20)12-18/h5-10,12-13,15,21H,11H2,1-4H3. The lowest BCUT2D eigenvalue weighted by Crippen LogP contribution is -2.07. The number of nitrogens with one attached hydrogen (secondary N) is 1. The molecule has 21 heavy (non-hydrogen) atoms. The van der Waals surface area contributed by atoms with E-state index in [0.717, 1.165) is 16.6 Å². The lowest BCUT2D eigenvalue weighted by Gasteiger charge is -2.17. The molecule has 1 nitrogen and oxygen atoms in total. The second-order valence-electron chi connectivity index (χ2n) is 6.17. The first kappa shape index (κ1) is 16.1. The zero-order valence-electron chi connectivity index (χ0n) is 13.3. The maximum Gasteiger partial charge on any atom is 0.0485 e. The summed E-state index contributed by atoms with van der Waals surface area (Å²) in [5.41, 5.74) is 5.13. The van der Waals surface area contributed by atoms with Crippen molar-refractivity contribution in [3.8, 4) is 0 Å². The van der Waals surface area contributed by atoms with Gasteiger partial charge in [-0.15, -0.1) is 0 Å². The van der Waals surface area contributed by atoms with E-state index in [2.05, 4.69) is 91.4 Å². The molecule has 112 valence electrons. The summed E-state index contributed by atoms with van der Waals surface area (Å²) in [4.78, 5) is 0. The second kappa shape index (κ2) is 7.13. The van der Waals surface area contributed by atoms with Crippen molar-refractivity contribution in [3.63, 3.8) is 0 Å². The highest BCUT2D eigenvalue weighted by Crippen LogP contribution is 2.25. The number of halogens is 1. The molecule has 0 aliphatic rings. The molecule has 0 amide bonds. The Labute approximate surface area is 136 Å². The highest BCUT2D eigenvalue weighted by molar-refractivity contribution is 9.10. The zero-order chi connectivity index (χ0) is 15.4. The number of benzene rings is 2. The van der Waals surface area contributed by atoms with Gasteiger partial charge in [0.2, 0.25) is 0 Å². The number of hydrogen-bond acceptors (Lipinski definition) is 1. The largest absolute Gasteiger partial charge is 0.378 e. The highest BCUT2D eigenvalue weighted by atomic mass is 79.9. The van der Waals surface area contributed by atoms with Gasteiger partial charge in [-0.1, -0.05) is 60.1 Å². The molecule has 2 heteroatoms. The molecule has 2 rings (SSSR count). The normalized spacial score (nSPS) is 12.5. The molecule has 0 aromatic heterocycles. The smallest absolute Gasteiger partial charge is 0.0485 e. The fourth-order valence-electron chi connectivity index (χ4n) is 2.43. The van der Waals surface area contributed by atoms with E-state index in [-0.39, 0.29) is 0 Å². The summed E-state index contributed by atoms with van der Waals surface area (Å²) in [5, 5.41) is 3.56. The summed E-state index contributed by atoms with van der Waals surface area (Å²) in [6, 6.07) is 15.7. The Hall–Kier alpha value is -1.28. The average Bonchev–Trinajstić information content (AvgIpc) is 2.43. The van der Waals surface area contributed by atoms with Crippen LogP contribution in [0.3, 0.4) is 0 Å². The van der Waals surface area contributed by atoms with Crippen molar-refractivity contribution in [2.24, 2.45) is 5.92 Å². The summed E-state index contributed by atoms with van der Waals surface area (Å²) in [5.74, 6) is 0.705. The Morgan fingerprint density at radius 3 is 2.24 bits per heavy atom. The zero-order valence-corrected chi connectivity index (χ0v) is 14.9. The average molecular weight is 346 g/mol. The Balaban J connectivity index is 2.05. The van der Waals surface area contributed by atoms with Gasteiger partial charge in [-0.2, -0.15) is 0 Å². The van der Waals surface area contributed by atoms with Crippen molar-refractivity contribution >= 4 is 21.6 Å². The Kier molecular flexibility index (Phi) is 5.46. The van der Waals surface area contributed by atoms with Crippen LogP contribution in [0.5, 0.6) is 0 Å². The monoisotopic (exact) mass is 345 g/mol. The molecular formula is C19H24BrN. The minimum Gasteiger partial charge on any atom is -0.378 e. The van der Waals surface area contributed by atoms with Crippen molar-refractivity contribution < 1.29 is 0 Å². The fourth-order valence-corrected chi connectivity index (χ4v) is 2.81. The van der Waals surface area contributed by atoms with Crippen molar-refractivity contribution in [1.82, 2.24) is 0 Å². The SMILES string of the molecule is Cc1ccc(NC(C)c2ccc(CC(C)C)cc2)cc1Br. The minimum absolute atomic E-state index is 0.299. The predicted molar refractivity (Wildman–Crippen MR) is 95.9 cm³/mol. The van der Waals surface area contributed by atoms with Crippen molar-refractivity contribution in [2.45, 2.75) is 40.2 Å². The number of aryl methyl sites for hydroxylation is 1. The van der Waals surface area contributed by atoms with Gasteiger partial charge in [-0.05, 0) is 55.0 Å². The van der Waals surface area contributed by atoms with E-state index >= 15 is 0 Å². The summed E-state index contributed by atoms with van der Waals surface area (Å²) < 4.78 is 1.15. The maximum atomic E-state index is 3.58. The van der Waals surface area contributed by atoms with Crippen LogP contribution in [0.15, 0.2) is 46.9 Å². The van der Waals surface area contributed by atoms with E-state index in [0.29, 0.717) is 12.0 Å². The van der Waals surface area contributed by atoms with Crippen LogP contribution in [-0.2, 0) is 6.42 Å². The van der Waals surface area contributed by atoms with Crippen molar-refractivity contribution in [2.75, 3.05) is 5.32 Å². The third-order valence-corrected chi connectivity index (χ3v) is 4.53. The Morgan fingerprint density at radius 2 is 1.67 bits per heavy atom. The molecule has 0 saturated carbocycles. The van der Waals surface area contributed by atoms with Crippen LogP contribution in [-0.4, -0.2) is 0 Å². The first-order valence-electron chi connectivity index (χ1n) is 7.57. The van der Waals surface area contributed by atoms with Crippen LogP contribution >= 0.6 is 15.9 Å². The first-order chi connectivity index (χ1) is 9.95. The predicted octanol–water partition coefficient (Wildman–Crippen LogP) is 6.13. The van der Waals surface area contributed by atoms with E-state index in [1.54, 1.807) is 0 Å². The lowest BCUT2D eigenvalue weighted by molar-refractivity contribution is 0.647. The van der Waals surface area contributed by atoms with Gasteiger partial charge >= 0.3 is 0 Å². The van der Waals surface area contributed by atoms with Gasteiger partial charge in [-0.3, -0.25) is 0 Å². The fraction of sp³-hybridized carbons (Fsp3) is 0.368. The Morgan fingerprint density at radius 1 is 1.00 bits per heavy atom. The quantitative estimate of drug-likeness (QED) is 0.687. The summed E-state index contributed by atoms with van der Waals surface area (Å²) >= 11 is 3.58. The van der Waals surface area contributed by atoms with Gasteiger partial charge in [0.05, 0.1) is 0 Å². The van der Waals surface area contributed by atoms with Gasteiger partial charge in [-0.25, -0.2) is 0 Å². The van der Waals surface area contributed by atoms with Gasteiger partial charge in [0, 0.05) is 16.2 Å². The van der Waals surface area contributed by atoms with Crippen LogP contribution < -0.4 is 5.32 Å². The molecule has 0 aliphatic heterocycles. The van der Waals surface area contributed by atoms with Gasteiger partial charge in [0.25, 0.3) is 0 Å². The highest BCUT2D eigenvalue weighted by Gasteiger charge is 2.07. The molecule has 2 aromatic carbocycles. The van der Waals surface area contributed by atoms with E-state index in [4.69, 9.17) is 0 Å². The third kappa shape index (κ3) is 4.60. The van der Waals surface area contributed by atoms with Crippen LogP contribution in [0, 0.1) is 12.8 Å². The minimum atomic E-state index is 0.299. The van der Waals surface area contributed by atoms with Crippen LogP contribution in [0.25, 0.3) is 0 Å². The third-order valence-electron chi connectivity index (χ3n) is 3.68. The molecule has 1 N–H and O–H groups in total. The van der Waals surface area contributed by atoms with Gasteiger partial charge in [0.1, 0.15) is 0 Å². The number of anilines is 1. The van der Waals surface area contributed by atoms with Crippen molar-refractivity contribution in [1.29, 1.82) is 0 Å². The molecule has 1 atom stereocenters. The van der Waals surface area contributed by atoms with Crippen LogP contribution in [0.1, 0.15) is 43.5 Å². The molecule has 0 radical (unpaired) electrons. The molecule has 0 spiro atoms. The number of hydrogen-bond donors (Lipinski definition) is 1. The van der Waals surface area contributed by atoms with E-state index < -0.39 is 0 Å². The van der Waals surface area contributed by atoms with Gasteiger partial charge in [0.15, 0.2) is 0 Å². The van der Waals surface area contributed by atoms with E-state index in [1.807, 2.05) is 0 Å². The topological polar surface area (TPSA) is 12.0 Å². The molecular weight excluding hydrogens is 322 g/mol. The summed E-state index contributed by atoms with van der Waals surface area (Å²) in [7, 11) is 0. The molecule has 0 heterocycles. The first-order valence-corrected chi connectivity index (χ1v) is 8.36. The maximum absolute atomic E-state index is 3.58. The summed E-state index contributed by atoms with van der Waals surface area (Å²) in [6.07, 6.45) is 1.15. The molecule has 2 aromatic rings. The van der Waals surface area contributed by atoms with Crippen LogP contribution in [0.4, 0.5) is 5.69 Å². The Bertz CT molecular complexity index is 587. The molecule has 1 unspecified atom stereocenters.